The molecule has 106 valence electrons. The Bertz CT molecular complexity index is 498. The van der Waals surface area contributed by atoms with Crippen molar-refractivity contribution in [2.75, 3.05) is 13.7 Å². The molecule has 0 aliphatic carbocycles. The van der Waals surface area contributed by atoms with E-state index in [9.17, 15) is 0 Å². The van der Waals surface area contributed by atoms with Gasteiger partial charge in [-0.3, -0.25) is 0 Å². The predicted octanol–water partition coefficient (Wildman–Crippen LogP) is 3.94. The minimum atomic E-state index is 0.403. The molecule has 0 amide bonds. The van der Waals surface area contributed by atoms with E-state index >= 15 is 0 Å². The summed E-state index contributed by atoms with van der Waals surface area (Å²) in [5.41, 5.74) is 1.29. The molecule has 0 aliphatic rings. The van der Waals surface area contributed by atoms with Gasteiger partial charge in [-0.1, -0.05) is 41.9 Å². The van der Waals surface area contributed by atoms with Gasteiger partial charge >= 0.3 is 0 Å². The molecule has 1 N–H and O–H groups in total. The average Bonchev–Trinajstić information content (AvgIpc) is 2.49. The number of benzene rings is 2. The molecule has 2 rings (SSSR count). The van der Waals surface area contributed by atoms with Crippen molar-refractivity contribution < 1.29 is 4.74 Å². The second kappa shape index (κ2) is 7.93. The zero-order valence-electron chi connectivity index (χ0n) is 11.7. The molecule has 0 aliphatic heterocycles. The van der Waals surface area contributed by atoms with Crippen molar-refractivity contribution in [3.63, 3.8) is 0 Å². The first-order valence-electron chi connectivity index (χ1n) is 6.87. The molecule has 0 radical (unpaired) electrons. The fourth-order valence-electron chi connectivity index (χ4n) is 2.09. The van der Waals surface area contributed by atoms with Crippen molar-refractivity contribution in [2.24, 2.45) is 0 Å². The van der Waals surface area contributed by atoms with Crippen LogP contribution in [0.15, 0.2) is 54.6 Å². The Labute approximate surface area is 125 Å². The Hall–Kier alpha value is -1.51. The molecule has 2 nitrogen and oxygen atoms in total. The van der Waals surface area contributed by atoms with E-state index in [1.54, 1.807) is 0 Å². The smallest absolute Gasteiger partial charge is 0.119 e. The van der Waals surface area contributed by atoms with Gasteiger partial charge in [0, 0.05) is 11.1 Å². The summed E-state index contributed by atoms with van der Waals surface area (Å²) in [5, 5.41) is 4.12. The molecule has 0 aromatic heterocycles. The fraction of sp³-hybridized carbons (Fsp3) is 0.294. The molecule has 1 unspecified atom stereocenters. The first-order chi connectivity index (χ1) is 9.78. The predicted molar refractivity (Wildman–Crippen MR) is 84.6 cm³/mol. The third kappa shape index (κ3) is 4.87. The van der Waals surface area contributed by atoms with E-state index in [1.807, 2.05) is 49.5 Å². The lowest BCUT2D eigenvalue weighted by molar-refractivity contribution is 0.288. The normalized spacial score (nSPS) is 12.1. The lowest BCUT2D eigenvalue weighted by Crippen LogP contribution is -2.29. The second-order valence-electron chi connectivity index (χ2n) is 4.77. The van der Waals surface area contributed by atoms with Crippen LogP contribution in [-0.2, 0) is 6.42 Å². The molecule has 0 fully saturated rings. The molecule has 3 heteroatoms. The minimum Gasteiger partial charge on any atom is -0.494 e. The topological polar surface area (TPSA) is 21.3 Å². The fourth-order valence-corrected chi connectivity index (χ4v) is 2.22. The van der Waals surface area contributed by atoms with E-state index in [0.717, 1.165) is 23.6 Å². The van der Waals surface area contributed by atoms with E-state index in [0.29, 0.717) is 12.6 Å². The number of halogens is 1. The molecule has 2 aromatic rings. The monoisotopic (exact) mass is 289 g/mol. The third-order valence-electron chi connectivity index (χ3n) is 3.28. The lowest BCUT2D eigenvalue weighted by atomic mass is 10.0. The highest BCUT2D eigenvalue weighted by molar-refractivity contribution is 6.30. The van der Waals surface area contributed by atoms with Crippen LogP contribution >= 0.6 is 11.6 Å². The number of hydrogen-bond acceptors (Lipinski definition) is 2. The summed E-state index contributed by atoms with van der Waals surface area (Å²) in [6.07, 6.45) is 1.94. The van der Waals surface area contributed by atoms with Gasteiger partial charge in [0.1, 0.15) is 5.75 Å². The Morgan fingerprint density at radius 2 is 1.75 bits per heavy atom. The molecule has 2 aromatic carbocycles. The summed E-state index contributed by atoms with van der Waals surface area (Å²) in [5.74, 6) is 0.925. The van der Waals surface area contributed by atoms with Crippen LogP contribution in [0.1, 0.15) is 12.0 Å². The lowest BCUT2D eigenvalue weighted by Gasteiger charge is -2.16. The Balaban J connectivity index is 1.79. The van der Waals surface area contributed by atoms with Crippen LogP contribution in [0.4, 0.5) is 0 Å². The minimum absolute atomic E-state index is 0.403. The van der Waals surface area contributed by atoms with Gasteiger partial charge in [0.2, 0.25) is 0 Å². The van der Waals surface area contributed by atoms with E-state index in [1.165, 1.54) is 5.56 Å². The molecule has 1 atom stereocenters. The van der Waals surface area contributed by atoms with Gasteiger partial charge in [-0.2, -0.15) is 0 Å². The van der Waals surface area contributed by atoms with Crippen LogP contribution in [0.3, 0.4) is 0 Å². The molecule has 0 heterocycles. The van der Waals surface area contributed by atoms with Crippen LogP contribution in [0.25, 0.3) is 0 Å². The zero-order valence-corrected chi connectivity index (χ0v) is 12.4. The van der Waals surface area contributed by atoms with Gasteiger partial charge in [-0.25, -0.2) is 0 Å². The van der Waals surface area contributed by atoms with Crippen molar-refractivity contribution in [3.8, 4) is 5.75 Å². The van der Waals surface area contributed by atoms with Crippen LogP contribution in [0.2, 0.25) is 5.02 Å². The van der Waals surface area contributed by atoms with E-state index < -0.39 is 0 Å². The number of likely N-dealkylation sites (N-methyl/N-ethyl adjacent to an activating group) is 1. The molecule has 0 saturated carbocycles. The van der Waals surface area contributed by atoms with Crippen molar-refractivity contribution in [3.05, 3.63) is 65.2 Å². The average molecular weight is 290 g/mol. The highest BCUT2D eigenvalue weighted by Gasteiger charge is 2.07. The SMILES string of the molecule is CNC(CCOc1ccccc1)Cc1ccc(Cl)cc1. The van der Waals surface area contributed by atoms with Crippen LogP contribution in [-0.4, -0.2) is 19.7 Å². The highest BCUT2D eigenvalue weighted by Crippen LogP contribution is 2.13. The van der Waals surface area contributed by atoms with Gasteiger partial charge < -0.3 is 10.1 Å². The van der Waals surface area contributed by atoms with Crippen LogP contribution in [0.5, 0.6) is 5.75 Å². The van der Waals surface area contributed by atoms with Crippen LogP contribution in [0, 0.1) is 0 Å². The summed E-state index contributed by atoms with van der Waals surface area (Å²) in [7, 11) is 1.99. The summed E-state index contributed by atoms with van der Waals surface area (Å²) >= 11 is 5.90. The maximum Gasteiger partial charge on any atom is 0.119 e. The first kappa shape index (κ1) is 14.9. The molecule has 0 spiro atoms. The number of rotatable bonds is 7. The van der Waals surface area contributed by atoms with Crippen molar-refractivity contribution in [1.29, 1.82) is 0 Å². The van der Waals surface area contributed by atoms with Crippen molar-refractivity contribution in [1.82, 2.24) is 5.32 Å². The number of ether oxygens (including phenoxy) is 1. The number of para-hydroxylation sites is 1. The van der Waals surface area contributed by atoms with Gasteiger partial charge in [0.05, 0.1) is 6.61 Å². The first-order valence-corrected chi connectivity index (χ1v) is 7.25. The number of nitrogens with one attached hydrogen (secondary N) is 1. The standard InChI is InChI=1S/C17H20ClNO/c1-19-16(13-14-7-9-15(18)10-8-14)11-12-20-17-5-3-2-4-6-17/h2-10,16,19H,11-13H2,1H3. The summed E-state index contributed by atoms with van der Waals surface area (Å²) < 4.78 is 5.73. The van der Waals surface area contributed by atoms with Crippen molar-refractivity contribution >= 4 is 11.6 Å². The van der Waals surface area contributed by atoms with Gasteiger partial charge in [0.15, 0.2) is 0 Å². The third-order valence-corrected chi connectivity index (χ3v) is 3.53. The second-order valence-corrected chi connectivity index (χ2v) is 5.20. The molecule has 20 heavy (non-hydrogen) atoms. The quantitative estimate of drug-likeness (QED) is 0.833. The van der Waals surface area contributed by atoms with Gasteiger partial charge in [0.25, 0.3) is 0 Å². The summed E-state index contributed by atoms with van der Waals surface area (Å²) in [4.78, 5) is 0. The van der Waals surface area contributed by atoms with Gasteiger partial charge in [-0.05, 0) is 49.7 Å². The summed E-state index contributed by atoms with van der Waals surface area (Å²) in [6.45, 7) is 0.711. The van der Waals surface area contributed by atoms with Crippen LogP contribution < -0.4 is 10.1 Å². The Morgan fingerprint density at radius 3 is 2.40 bits per heavy atom. The molecule has 0 saturated heterocycles. The Kier molecular flexibility index (Phi) is 5.90. The Morgan fingerprint density at radius 1 is 1.05 bits per heavy atom. The van der Waals surface area contributed by atoms with Gasteiger partial charge in [-0.15, -0.1) is 0 Å². The van der Waals surface area contributed by atoms with E-state index in [-0.39, 0.29) is 0 Å². The molecule has 0 bridgehead atoms. The molecular weight excluding hydrogens is 270 g/mol. The largest absolute Gasteiger partial charge is 0.494 e. The van der Waals surface area contributed by atoms with E-state index in [4.69, 9.17) is 16.3 Å². The molecular formula is C17H20ClNO. The van der Waals surface area contributed by atoms with Crippen molar-refractivity contribution in [2.45, 2.75) is 18.9 Å². The maximum absolute atomic E-state index is 5.90. The zero-order chi connectivity index (χ0) is 14.2. The highest BCUT2D eigenvalue weighted by atomic mass is 35.5. The van der Waals surface area contributed by atoms with E-state index in [2.05, 4.69) is 17.4 Å². The number of hydrogen-bond donors (Lipinski definition) is 1. The maximum atomic E-state index is 5.90. The summed E-state index contributed by atoms with van der Waals surface area (Å²) in [6, 6.07) is 18.3.